The molecule has 4 heterocycles. The third-order valence-corrected chi connectivity index (χ3v) is 8.86. The SMILES string of the molecule is COc1ccc([C@@H]2c3cccn3-c3sc4c(c3CN2C(=O)Nc2ccc(OC)cc2OC)CCN(C)C4)cc1. The van der Waals surface area contributed by atoms with Gasteiger partial charge in [-0.05, 0) is 61.0 Å². The summed E-state index contributed by atoms with van der Waals surface area (Å²) in [5, 5.41) is 4.33. The maximum atomic E-state index is 14.2. The quantitative estimate of drug-likeness (QED) is 0.350. The molecule has 2 aromatic carbocycles. The van der Waals surface area contributed by atoms with Gasteiger partial charge in [-0.2, -0.15) is 0 Å². The summed E-state index contributed by atoms with van der Waals surface area (Å²) in [7, 11) is 7.02. The van der Waals surface area contributed by atoms with E-state index in [2.05, 4.69) is 40.2 Å². The van der Waals surface area contributed by atoms with Crippen molar-refractivity contribution in [3.63, 3.8) is 0 Å². The van der Waals surface area contributed by atoms with Crippen LogP contribution in [0.15, 0.2) is 60.8 Å². The minimum atomic E-state index is -0.309. The fraction of sp³-hybridized carbons (Fsp3) is 0.300. The van der Waals surface area contributed by atoms with E-state index in [1.54, 1.807) is 27.4 Å². The van der Waals surface area contributed by atoms with Crippen LogP contribution < -0.4 is 19.5 Å². The minimum Gasteiger partial charge on any atom is -0.497 e. The van der Waals surface area contributed by atoms with Crippen LogP contribution in [0.5, 0.6) is 17.2 Å². The smallest absolute Gasteiger partial charge is 0.323 e. The fourth-order valence-electron chi connectivity index (χ4n) is 5.58. The third kappa shape index (κ3) is 4.51. The summed E-state index contributed by atoms with van der Waals surface area (Å²) in [6.07, 6.45) is 3.09. The number of carbonyl (C=O) groups is 1. The van der Waals surface area contributed by atoms with E-state index in [9.17, 15) is 4.79 Å². The monoisotopic (exact) mass is 544 g/mol. The Morgan fingerprint density at radius 3 is 2.46 bits per heavy atom. The van der Waals surface area contributed by atoms with Gasteiger partial charge in [0.15, 0.2) is 0 Å². The van der Waals surface area contributed by atoms with Crippen molar-refractivity contribution < 1.29 is 19.0 Å². The maximum absolute atomic E-state index is 14.2. The molecule has 2 amide bonds. The van der Waals surface area contributed by atoms with Gasteiger partial charge in [-0.15, -0.1) is 11.3 Å². The molecule has 8 nitrogen and oxygen atoms in total. The maximum Gasteiger partial charge on any atom is 0.323 e. The van der Waals surface area contributed by atoms with E-state index in [0.717, 1.165) is 36.5 Å². The number of nitrogens with zero attached hydrogens (tertiary/aromatic N) is 3. The van der Waals surface area contributed by atoms with E-state index >= 15 is 0 Å². The molecule has 2 aliphatic rings. The molecule has 9 heteroatoms. The number of aromatic nitrogens is 1. The fourth-order valence-corrected chi connectivity index (χ4v) is 7.02. The molecule has 0 saturated carbocycles. The van der Waals surface area contributed by atoms with Gasteiger partial charge >= 0.3 is 6.03 Å². The number of benzene rings is 2. The van der Waals surface area contributed by atoms with Crippen molar-refractivity contribution in [3.05, 3.63) is 88.1 Å². The highest BCUT2D eigenvalue weighted by Gasteiger charge is 2.36. The lowest BCUT2D eigenvalue weighted by Gasteiger charge is -2.32. The lowest BCUT2D eigenvalue weighted by molar-refractivity contribution is 0.194. The van der Waals surface area contributed by atoms with Crippen LogP contribution in [0.1, 0.15) is 33.3 Å². The molecule has 6 rings (SSSR count). The Bertz CT molecular complexity index is 1510. The van der Waals surface area contributed by atoms with Gasteiger partial charge in [-0.3, -0.25) is 0 Å². The standard InChI is InChI=1S/C30H32N4O4S/c1-32-15-13-22-23-17-34(30(35)31-24-12-11-21(37-3)16-26(24)38-4)28(19-7-9-20(36-2)10-8-19)25-6-5-14-33(25)29(23)39-27(22)18-32/h5-12,14,16,28H,13,15,17-18H2,1-4H3,(H,31,35)/t28-/m1/s1. The first-order valence-electron chi connectivity index (χ1n) is 12.9. The molecule has 0 unspecified atom stereocenters. The lowest BCUT2D eigenvalue weighted by atomic mass is 10.00. The lowest BCUT2D eigenvalue weighted by Crippen LogP contribution is -2.38. The highest BCUT2D eigenvalue weighted by molar-refractivity contribution is 7.15. The molecule has 0 radical (unpaired) electrons. The molecule has 1 atom stereocenters. The molecule has 0 spiro atoms. The Morgan fingerprint density at radius 2 is 1.72 bits per heavy atom. The summed E-state index contributed by atoms with van der Waals surface area (Å²) in [5.74, 6) is 1.98. The van der Waals surface area contributed by atoms with Gasteiger partial charge in [-0.25, -0.2) is 4.79 Å². The number of carbonyl (C=O) groups excluding carboxylic acids is 1. The molecular formula is C30H32N4O4S. The highest BCUT2D eigenvalue weighted by atomic mass is 32.1. The van der Waals surface area contributed by atoms with E-state index in [4.69, 9.17) is 14.2 Å². The van der Waals surface area contributed by atoms with Gasteiger partial charge in [0.1, 0.15) is 22.2 Å². The van der Waals surface area contributed by atoms with Crippen LogP contribution in [0.2, 0.25) is 0 Å². The van der Waals surface area contributed by atoms with Crippen LogP contribution >= 0.6 is 11.3 Å². The summed E-state index contributed by atoms with van der Waals surface area (Å²) in [5.41, 5.74) is 5.25. The minimum absolute atomic E-state index is 0.201. The average Bonchev–Trinajstić information content (AvgIpc) is 3.54. The average molecular weight is 545 g/mol. The Balaban J connectivity index is 1.47. The van der Waals surface area contributed by atoms with Crippen LogP contribution in [0.3, 0.4) is 0 Å². The Kier molecular flexibility index (Phi) is 6.70. The predicted octanol–water partition coefficient (Wildman–Crippen LogP) is 5.69. The van der Waals surface area contributed by atoms with Gasteiger partial charge < -0.3 is 33.9 Å². The molecule has 2 aliphatic heterocycles. The number of rotatable bonds is 5. The van der Waals surface area contributed by atoms with Crippen LogP contribution in [0.25, 0.3) is 5.00 Å². The number of nitrogens with one attached hydrogen (secondary N) is 1. The molecule has 4 aromatic rings. The number of methoxy groups -OCH3 is 3. The highest BCUT2D eigenvalue weighted by Crippen LogP contribution is 2.44. The Labute approximate surface area is 232 Å². The topological polar surface area (TPSA) is 68.2 Å². The number of likely N-dealkylation sites (N-methyl/N-ethyl adjacent to an activating group) is 1. The first kappa shape index (κ1) is 25.3. The number of urea groups is 1. The second kappa shape index (κ2) is 10.3. The molecule has 1 N–H and O–H groups in total. The van der Waals surface area contributed by atoms with Gasteiger partial charge in [0.25, 0.3) is 0 Å². The van der Waals surface area contributed by atoms with Crippen molar-refractivity contribution in [2.24, 2.45) is 0 Å². The summed E-state index contributed by atoms with van der Waals surface area (Å²) in [4.78, 5) is 19.9. The number of anilines is 1. The van der Waals surface area contributed by atoms with Crippen LogP contribution in [-0.4, -0.2) is 55.3 Å². The molecule has 39 heavy (non-hydrogen) atoms. The second-order valence-electron chi connectivity index (χ2n) is 9.88. The molecule has 0 bridgehead atoms. The molecular weight excluding hydrogens is 512 g/mol. The van der Waals surface area contributed by atoms with Crippen molar-refractivity contribution in [2.75, 3.05) is 40.2 Å². The number of amides is 2. The number of ether oxygens (including phenoxy) is 3. The Morgan fingerprint density at radius 1 is 0.949 bits per heavy atom. The van der Waals surface area contributed by atoms with Crippen molar-refractivity contribution in [1.29, 1.82) is 0 Å². The molecule has 2 aromatic heterocycles. The van der Waals surface area contributed by atoms with Gasteiger partial charge in [-0.1, -0.05) is 12.1 Å². The summed E-state index contributed by atoms with van der Waals surface area (Å²) in [6.45, 7) is 2.43. The van der Waals surface area contributed by atoms with Crippen molar-refractivity contribution in [3.8, 4) is 22.2 Å². The van der Waals surface area contributed by atoms with Crippen LogP contribution in [-0.2, 0) is 19.5 Å². The van der Waals surface area contributed by atoms with Gasteiger partial charge in [0, 0.05) is 35.8 Å². The summed E-state index contributed by atoms with van der Waals surface area (Å²) >= 11 is 1.84. The zero-order valence-electron chi connectivity index (χ0n) is 22.6. The molecule has 0 aliphatic carbocycles. The number of thiophene rings is 1. The first-order chi connectivity index (χ1) is 19.0. The Hall–Kier alpha value is -3.95. The molecule has 0 saturated heterocycles. The predicted molar refractivity (Wildman–Crippen MR) is 153 cm³/mol. The van der Waals surface area contributed by atoms with E-state index in [1.807, 2.05) is 52.6 Å². The zero-order chi connectivity index (χ0) is 27.1. The number of hydrogen-bond donors (Lipinski definition) is 1. The van der Waals surface area contributed by atoms with Gasteiger partial charge in [0.05, 0.1) is 45.3 Å². The van der Waals surface area contributed by atoms with Crippen LogP contribution in [0.4, 0.5) is 10.5 Å². The van der Waals surface area contributed by atoms with E-state index in [-0.39, 0.29) is 12.1 Å². The zero-order valence-corrected chi connectivity index (χ0v) is 23.4. The van der Waals surface area contributed by atoms with Crippen molar-refractivity contribution >= 4 is 23.1 Å². The van der Waals surface area contributed by atoms with E-state index in [1.165, 1.54) is 21.0 Å². The van der Waals surface area contributed by atoms with Crippen molar-refractivity contribution in [1.82, 2.24) is 14.4 Å². The summed E-state index contributed by atoms with van der Waals surface area (Å²) in [6, 6.07) is 17.0. The van der Waals surface area contributed by atoms with Gasteiger partial charge in [0.2, 0.25) is 0 Å². The van der Waals surface area contributed by atoms with E-state index in [0.29, 0.717) is 23.7 Å². The normalized spacial score (nSPS) is 16.5. The molecule has 202 valence electrons. The summed E-state index contributed by atoms with van der Waals surface area (Å²) < 4.78 is 18.6. The number of hydrogen-bond acceptors (Lipinski definition) is 6. The van der Waals surface area contributed by atoms with Crippen molar-refractivity contribution in [2.45, 2.75) is 25.6 Å². The number of fused-ring (bicyclic) bond motifs is 5. The second-order valence-corrected chi connectivity index (χ2v) is 11.0. The van der Waals surface area contributed by atoms with Crippen LogP contribution in [0, 0.1) is 0 Å². The first-order valence-corrected chi connectivity index (χ1v) is 13.8. The third-order valence-electron chi connectivity index (χ3n) is 7.60. The largest absolute Gasteiger partial charge is 0.497 e. The van der Waals surface area contributed by atoms with E-state index < -0.39 is 0 Å². The molecule has 0 fully saturated rings.